The molecule has 3 rings (SSSR count). The van der Waals surface area contributed by atoms with Crippen LogP contribution in [0.2, 0.25) is 0 Å². The molecule has 0 radical (unpaired) electrons. The van der Waals surface area contributed by atoms with E-state index in [-0.39, 0.29) is 0 Å². The normalized spacial score (nSPS) is 13.4. The third-order valence-electron chi connectivity index (χ3n) is 2.89. The molecule has 0 atom stereocenters. The number of rotatable bonds is 0. The molecule has 0 bridgehead atoms. The van der Waals surface area contributed by atoms with E-state index in [0.29, 0.717) is 6.04 Å². The smallest absolute Gasteiger partial charge is 0.0630 e. The molecule has 0 aliphatic heterocycles. The van der Waals surface area contributed by atoms with Gasteiger partial charge >= 0.3 is 0 Å². The predicted molar refractivity (Wildman–Crippen MR) is 67.1 cm³/mol. The van der Waals surface area contributed by atoms with E-state index in [1.54, 1.807) is 0 Å². The van der Waals surface area contributed by atoms with Gasteiger partial charge in [-0.05, 0) is 29.2 Å². The van der Waals surface area contributed by atoms with E-state index < -0.39 is 0 Å². The fourth-order valence-electron chi connectivity index (χ4n) is 2.10. The van der Waals surface area contributed by atoms with E-state index in [1.807, 2.05) is 24.3 Å². The van der Waals surface area contributed by atoms with Crippen LogP contribution in [0, 0.1) is 11.8 Å². The van der Waals surface area contributed by atoms with Gasteiger partial charge in [0.25, 0.3) is 0 Å². The highest BCUT2D eigenvalue weighted by Crippen LogP contribution is 2.28. The Kier molecular flexibility index (Phi) is 1.98. The predicted octanol–water partition coefficient (Wildman–Crippen LogP) is 3.65. The van der Waals surface area contributed by atoms with E-state index in [9.17, 15) is 0 Å². The summed E-state index contributed by atoms with van der Waals surface area (Å²) in [5, 5.41) is 0. The van der Waals surface area contributed by atoms with Gasteiger partial charge in [0.1, 0.15) is 0 Å². The highest BCUT2D eigenvalue weighted by Gasteiger charge is 2.08. The van der Waals surface area contributed by atoms with Crippen LogP contribution in [0.3, 0.4) is 0 Å². The molecular weight excluding hydrogens is 192 g/mol. The Labute approximate surface area is 97.3 Å². The van der Waals surface area contributed by atoms with Gasteiger partial charge in [-0.1, -0.05) is 54.3 Å². The van der Waals surface area contributed by atoms with Crippen molar-refractivity contribution in [1.82, 2.24) is 0 Å². The van der Waals surface area contributed by atoms with Crippen molar-refractivity contribution in [2.75, 3.05) is 0 Å². The Hall–Kier alpha value is -2.00. The summed E-state index contributed by atoms with van der Waals surface area (Å²) in [4.78, 5) is 0. The first-order valence-electron chi connectivity index (χ1n) is 6.03. The molecular formula is C16H12. The van der Waals surface area contributed by atoms with Crippen LogP contribution < -0.4 is 0 Å². The maximum Gasteiger partial charge on any atom is 0.0630 e. The zero-order valence-corrected chi connectivity index (χ0v) is 8.96. The molecule has 76 valence electrons. The fourth-order valence-corrected chi connectivity index (χ4v) is 2.10. The minimum atomic E-state index is 0.561. The third kappa shape index (κ3) is 1.51. The van der Waals surface area contributed by atoms with Crippen LogP contribution in [0.5, 0.6) is 0 Å². The highest BCUT2D eigenvalue weighted by molar-refractivity contribution is 5.74. The Balaban J connectivity index is 2.36. The number of fused-ring (bicyclic) bond motifs is 3. The largest absolute Gasteiger partial charge is 0.0975 e. The van der Waals surface area contributed by atoms with Crippen LogP contribution in [0.25, 0.3) is 11.1 Å². The van der Waals surface area contributed by atoms with Crippen molar-refractivity contribution in [2.45, 2.75) is 12.8 Å². The minimum absolute atomic E-state index is 0.561. The fraction of sp³-hybridized carbons (Fsp3) is 0.125. The van der Waals surface area contributed by atoms with Crippen LogP contribution >= 0.6 is 0 Å². The highest BCUT2D eigenvalue weighted by atomic mass is 14.1. The second kappa shape index (κ2) is 3.87. The van der Waals surface area contributed by atoms with Gasteiger partial charge in [-0.25, -0.2) is 0 Å². The van der Waals surface area contributed by atoms with Gasteiger partial charge in [-0.2, -0.15) is 0 Å². The summed E-state index contributed by atoms with van der Waals surface area (Å²) in [6.45, 7) is 0. The second-order valence-corrected chi connectivity index (χ2v) is 3.92. The second-order valence-electron chi connectivity index (χ2n) is 3.92. The summed E-state index contributed by atoms with van der Waals surface area (Å²) in [7, 11) is 0. The standard InChI is InChI=1S/C16H12/c1-2-8-14-10-4-6-12-16(14)15-11-5-3-9-13(15)7-1/h3-6,9-12H,1,7H2/i12D. The molecule has 1 aliphatic rings. The number of aryl methyl sites for hydroxylation is 1. The summed E-state index contributed by atoms with van der Waals surface area (Å²) in [5.41, 5.74) is 4.42. The summed E-state index contributed by atoms with van der Waals surface area (Å²) in [6, 6.07) is 14.6. The average molecular weight is 205 g/mol. The Bertz CT molecular complexity index is 629. The van der Waals surface area contributed by atoms with Crippen molar-refractivity contribution < 1.29 is 1.37 Å². The zero-order chi connectivity index (χ0) is 11.7. The van der Waals surface area contributed by atoms with E-state index >= 15 is 0 Å². The molecule has 0 N–H and O–H groups in total. The topological polar surface area (TPSA) is 0 Å². The lowest BCUT2D eigenvalue weighted by molar-refractivity contribution is 1.03. The molecule has 0 fully saturated rings. The van der Waals surface area contributed by atoms with Gasteiger partial charge in [0.2, 0.25) is 0 Å². The van der Waals surface area contributed by atoms with Crippen LogP contribution in [0.15, 0.2) is 48.5 Å². The summed E-state index contributed by atoms with van der Waals surface area (Å²) in [5.74, 6) is 6.36. The number of hydrogen-bond acceptors (Lipinski definition) is 0. The van der Waals surface area contributed by atoms with Crippen molar-refractivity contribution in [2.24, 2.45) is 0 Å². The average Bonchev–Trinajstić information content (AvgIpc) is 2.32. The van der Waals surface area contributed by atoms with Crippen molar-refractivity contribution >= 4 is 0 Å². The maximum absolute atomic E-state index is 8.08. The summed E-state index contributed by atoms with van der Waals surface area (Å²) >= 11 is 0. The van der Waals surface area contributed by atoms with Crippen molar-refractivity contribution in [1.29, 1.82) is 0 Å². The van der Waals surface area contributed by atoms with E-state index in [1.165, 1.54) is 11.1 Å². The lowest BCUT2D eigenvalue weighted by Crippen LogP contribution is -1.94. The van der Waals surface area contributed by atoms with Gasteiger partial charge < -0.3 is 0 Å². The molecule has 0 spiro atoms. The number of benzene rings is 2. The third-order valence-corrected chi connectivity index (χ3v) is 2.89. The first kappa shape index (κ1) is 8.19. The SMILES string of the molecule is [2H]c1cccc2c1-c1ccccc1CCC#C2. The minimum Gasteiger partial charge on any atom is -0.0975 e. The van der Waals surface area contributed by atoms with Gasteiger partial charge in [-0.15, -0.1) is 0 Å². The molecule has 0 heteroatoms. The molecule has 0 saturated heterocycles. The van der Waals surface area contributed by atoms with Crippen LogP contribution in [-0.4, -0.2) is 0 Å². The summed E-state index contributed by atoms with van der Waals surface area (Å²) in [6.07, 6.45) is 1.86. The molecule has 2 aromatic rings. The molecule has 0 nitrogen and oxygen atoms in total. The lowest BCUT2D eigenvalue weighted by atomic mass is 9.92. The molecule has 0 unspecified atom stereocenters. The number of hydrogen-bond donors (Lipinski definition) is 0. The molecule has 0 heterocycles. The van der Waals surface area contributed by atoms with E-state index in [4.69, 9.17) is 1.37 Å². The summed E-state index contributed by atoms with van der Waals surface area (Å²) < 4.78 is 8.08. The van der Waals surface area contributed by atoms with Crippen molar-refractivity contribution in [3.63, 3.8) is 0 Å². The Morgan fingerprint density at radius 3 is 2.88 bits per heavy atom. The van der Waals surface area contributed by atoms with Crippen LogP contribution in [0.1, 0.15) is 18.9 Å². The lowest BCUT2D eigenvalue weighted by Gasteiger charge is -2.12. The Morgan fingerprint density at radius 2 is 1.88 bits per heavy atom. The van der Waals surface area contributed by atoms with Crippen molar-refractivity contribution in [3.8, 4) is 23.0 Å². The quantitative estimate of drug-likeness (QED) is 0.576. The zero-order valence-electron chi connectivity index (χ0n) is 9.96. The van der Waals surface area contributed by atoms with E-state index in [0.717, 1.165) is 24.0 Å². The van der Waals surface area contributed by atoms with Gasteiger partial charge in [0, 0.05) is 12.0 Å². The first-order chi connectivity index (χ1) is 8.36. The van der Waals surface area contributed by atoms with Gasteiger partial charge in [0.05, 0.1) is 1.37 Å². The molecule has 2 aromatic carbocycles. The molecule has 0 saturated carbocycles. The molecule has 0 aromatic heterocycles. The molecule has 1 aliphatic carbocycles. The molecule has 16 heavy (non-hydrogen) atoms. The molecule has 0 amide bonds. The van der Waals surface area contributed by atoms with Crippen LogP contribution in [0.4, 0.5) is 0 Å². The van der Waals surface area contributed by atoms with Crippen molar-refractivity contribution in [3.05, 3.63) is 59.6 Å². The van der Waals surface area contributed by atoms with Gasteiger partial charge in [0.15, 0.2) is 0 Å². The first-order valence-corrected chi connectivity index (χ1v) is 5.53. The van der Waals surface area contributed by atoms with Gasteiger partial charge in [-0.3, -0.25) is 0 Å². The van der Waals surface area contributed by atoms with E-state index in [2.05, 4.69) is 30.0 Å². The van der Waals surface area contributed by atoms with Crippen LogP contribution in [-0.2, 0) is 6.42 Å². The maximum atomic E-state index is 8.08. The Morgan fingerprint density at radius 1 is 1.00 bits per heavy atom. The monoisotopic (exact) mass is 205 g/mol.